The Morgan fingerprint density at radius 3 is 2.44 bits per heavy atom. The molecule has 86 valence electrons. The van der Waals surface area contributed by atoms with Gasteiger partial charge < -0.3 is 9.47 Å². The van der Waals surface area contributed by atoms with Crippen LogP contribution in [0.25, 0.3) is 0 Å². The summed E-state index contributed by atoms with van der Waals surface area (Å²) in [5.41, 5.74) is 3.54. The fourth-order valence-corrected chi connectivity index (χ4v) is 2.19. The SMILES string of the molecule is COc1cc2c(cc1OC)C(C)=N[C@@H](C)C2. The molecule has 0 spiro atoms. The number of rotatable bonds is 2. The Morgan fingerprint density at radius 2 is 1.81 bits per heavy atom. The Bertz CT molecular complexity index is 438. The van der Waals surface area contributed by atoms with Gasteiger partial charge in [0.2, 0.25) is 0 Å². The van der Waals surface area contributed by atoms with Crippen LogP contribution in [0.2, 0.25) is 0 Å². The van der Waals surface area contributed by atoms with E-state index in [0.29, 0.717) is 6.04 Å². The molecule has 0 aromatic heterocycles. The third kappa shape index (κ3) is 1.77. The fourth-order valence-electron chi connectivity index (χ4n) is 2.19. The van der Waals surface area contributed by atoms with Crippen molar-refractivity contribution in [2.75, 3.05) is 14.2 Å². The summed E-state index contributed by atoms with van der Waals surface area (Å²) in [6, 6.07) is 4.42. The second kappa shape index (κ2) is 4.16. The zero-order valence-corrected chi connectivity index (χ0v) is 10.2. The Balaban J connectivity index is 2.54. The predicted molar refractivity (Wildman–Crippen MR) is 64.9 cm³/mol. The third-order valence-electron chi connectivity index (χ3n) is 2.93. The van der Waals surface area contributed by atoms with Gasteiger partial charge in [0.25, 0.3) is 0 Å². The number of hydrogen-bond acceptors (Lipinski definition) is 3. The summed E-state index contributed by atoms with van der Waals surface area (Å²) in [5, 5.41) is 0. The second-order valence-electron chi connectivity index (χ2n) is 4.13. The van der Waals surface area contributed by atoms with Gasteiger partial charge in [0.15, 0.2) is 11.5 Å². The molecule has 1 atom stereocenters. The summed E-state index contributed by atoms with van der Waals surface area (Å²) < 4.78 is 10.6. The van der Waals surface area contributed by atoms with Crippen LogP contribution >= 0.6 is 0 Å². The van der Waals surface area contributed by atoms with Gasteiger partial charge in [-0.2, -0.15) is 0 Å². The summed E-state index contributed by atoms with van der Waals surface area (Å²) >= 11 is 0. The van der Waals surface area contributed by atoms with E-state index in [1.54, 1.807) is 14.2 Å². The minimum Gasteiger partial charge on any atom is -0.493 e. The number of nitrogens with zero attached hydrogens (tertiary/aromatic N) is 1. The van der Waals surface area contributed by atoms with E-state index in [1.165, 1.54) is 11.1 Å². The first-order valence-electron chi connectivity index (χ1n) is 5.45. The predicted octanol–water partition coefficient (Wildman–Crippen LogP) is 2.46. The number of ether oxygens (including phenoxy) is 2. The van der Waals surface area contributed by atoms with Gasteiger partial charge in [-0.3, -0.25) is 4.99 Å². The van der Waals surface area contributed by atoms with Crippen LogP contribution in [0.15, 0.2) is 17.1 Å². The number of hydrogen-bond donors (Lipinski definition) is 0. The zero-order valence-electron chi connectivity index (χ0n) is 10.2. The largest absolute Gasteiger partial charge is 0.493 e. The molecule has 0 bridgehead atoms. The van der Waals surface area contributed by atoms with Crippen LogP contribution < -0.4 is 9.47 Å². The van der Waals surface area contributed by atoms with Crippen LogP contribution in [0, 0.1) is 0 Å². The average Bonchev–Trinajstić information content (AvgIpc) is 2.27. The van der Waals surface area contributed by atoms with Gasteiger partial charge in [-0.25, -0.2) is 0 Å². The van der Waals surface area contributed by atoms with Crippen LogP contribution in [-0.2, 0) is 6.42 Å². The number of benzene rings is 1. The Morgan fingerprint density at radius 1 is 1.19 bits per heavy atom. The van der Waals surface area contributed by atoms with Crippen LogP contribution in [0.3, 0.4) is 0 Å². The molecule has 3 nitrogen and oxygen atoms in total. The third-order valence-corrected chi connectivity index (χ3v) is 2.93. The van der Waals surface area contributed by atoms with E-state index in [2.05, 4.69) is 18.0 Å². The van der Waals surface area contributed by atoms with E-state index in [-0.39, 0.29) is 0 Å². The van der Waals surface area contributed by atoms with Gasteiger partial charge in [0.1, 0.15) is 0 Å². The van der Waals surface area contributed by atoms with Gasteiger partial charge in [-0.05, 0) is 38.0 Å². The topological polar surface area (TPSA) is 30.8 Å². The molecule has 1 aromatic rings. The van der Waals surface area contributed by atoms with Crippen molar-refractivity contribution in [2.45, 2.75) is 26.3 Å². The van der Waals surface area contributed by atoms with Crippen molar-refractivity contribution in [1.29, 1.82) is 0 Å². The van der Waals surface area contributed by atoms with E-state index in [1.807, 2.05) is 13.0 Å². The summed E-state index contributed by atoms with van der Waals surface area (Å²) in [6.45, 7) is 4.17. The molecule has 1 aromatic carbocycles. The van der Waals surface area contributed by atoms with Crippen LogP contribution in [0.5, 0.6) is 11.5 Å². The first-order valence-corrected chi connectivity index (χ1v) is 5.45. The maximum Gasteiger partial charge on any atom is 0.161 e. The van der Waals surface area contributed by atoms with Crippen molar-refractivity contribution in [1.82, 2.24) is 0 Å². The molecule has 0 saturated heterocycles. The highest BCUT2D eigenvalue weighted by Crippen LogP contribution is 2.33. The van der Waals surface area contributed by atoms with Crippen LogP contribution in [-0.4, -0.2) is 26.0 Å². The van der Waals surface area contributed by atoms with E-state index in [0.717, 1.165) is 23.6 Å². The standard InChI is InChI=1S/C13H17NO2/c1-8-5-10-6-12(15-3)13(16-4)7-11(10)9(2)14-8/h6-8H,5H2,1-4H3/t8-/m0/s1. The molecule has 0 saturated carbocycles. The maximum atomic E-state index is 5.31. The first-order chi connectivity index (χ1) is 7.65. The number of fused-ring (bicyclic) bond motifs is 1. The minimum atomic E-state index is 0.352. The van der Waals surface area contributed by atoms with Gasteiger partial charge in [0.05, 0.1) is 20.3 Å². The molecule has 0 amide bonds. The Labute approximate surface area is 96.1 Å². The molecule has 3 heteroatoms. The lowest BCUT2D eigenvalue weighted by Crippen LogP contribution is -2.17. The molecule has 0 N–H and O–H groups in total. The van der Waals surface area contributed by atoms with Crippen LogP contribution in [0.4, 0.5) is 0 Å². The lowest BCUT2D eigenvalue weighted by molar-refractivity contribution is 0.354. The molecule has 0 fully saturated rings. The Hall–Kier alpha value is -1.51. The summed E-state index contributed by atoms with van der Waals surface area (Å²) in [5.74, 6) is 1.56. The lowest BCUT2D eigenvalue weighted by atomic mass is 9.94. The van der Waals surface area contributed by atoms with Crippen molar-refractivity contribution in [3.8, 4) is 11.5 Å². The maximum absolute atomic E-state index is 5.31. The first kappa shape index (κ1) is 11.0. The molecule has 0 radical (unpaired) electrons. The normalized spacial score (nSPS) is 18.8. The van der Waals surface area contributed by atoms with Crippen molar-refractivity contribution < 1.29 is 9.47 Å². The highest BCUT2D eigenvalue weighted by molar-refractivity contribution is 6.01. The van der Waals surface area contributed by atoms with Crippen LogP contribution in [0.1, 0.15) is 25.0 Å². The van der Waals surface area contributed by atoms with Crippen molar-refractivity contribution in [2.24, 2.45) is 4.99 Å². The summed E-state index contributed by atoms with van der Waals surface area (Å²) in [7, 11) is 3.32. The number of aliphatic imine (C=N–C) groups is 1. The molecule has 16 heavy (non-hydrogen) atoms. The average molecular weight is 219 g/mol. The smallest absolute Gasteiger partial charge is 0.161 e. The molecule has 1 heterocycles. The van der Waals surface area contributed by atoms with Crippen molar-refractivity contribution in [3.05, 3.63) is 23.3 Å². The molecule has 1 aliphatic heterocycles. The summed E-state index contributed by atoms with van der Waals surface area (Å²) in [4.78, 5) is 4.58. The highest BCUT2D eigenvalue weighted by atomic mass is 16.5. The Kier molecular flexibility index (Phi) is 2.86. The monoisotopic (exact) mass is 219 g/mol. The molecule has 1 aliphatic rings. The van der Waals surface area contributed by atoms with Crippen molar-refractivity contribution in [3.63, 3.8) is 0 Å². The fraction of sp³-hybridized carbons (Fsp3) is 0.462. The molecule has 0 unspecified atom stereocenters. The summed E-state index contributed by atoms with van der Waals surface area (Å²) in [6.07, 6.45) is 0.965. The van der Waals surface area contributed by atoms with Crippen molar-refractivity contribution >= 4 is 5.71 Å². The van der Waals surface area contributed by atoms with Gasteiger partial charge >= 0.3 is 0 Å². The van der Waals surface area contributed by atoms with E-state index >= 15 is 0 Å². The van der Waals surface area contributed by atoms with Gasteiger partial charge in [-0.15, -0.1) is 0 Å². The molecule has 0 aliphatic carbocycles. The zero-order chi connectivity index (χ0) is 11.7. The minimum absolute atomic E-state index is 0.352. The second-order valence-corrected chi connectivity index (χ2v) is 4.13. The van der Waals surface area contributed by atoms with E-state index in [9.17, 15) is 0 Å². The van der Waals surface area contributed by atoms with Gasteiger partial charge in [0, 0.05) is 11.3 Å². The number of methoxy groups -OCH3 is 2. The molecular weight excluding hydrogens is 202 g/mol. The molecule has 2 rings (SSSR count). The van der Waals surface area contributed by atoms with E-state index in [4.69, 9.17) is 9.47 Å². The highest BCUT2D eigenvalue weighted by Gasteiger charge is 2.18. The van der Waals surface area contributed by atoms with Gasteiger partial charge in [-0.1, -0.05) is 0 Å². The van der Waals surface area contributed by atoms with E-state index < -0.39 is 0 Å². The molecular formula is C13H17NO2. The lowest BCUT2D eigenvalue weighted by Gasteiger charge is -2.21. The quantitative estimate of drug-likeness (QED) is 0.765.